The number of anilines is 1. The van der Waals surface area contributed by atoms with Crippen LogP contribution in [0, 0.1) is 0 Å². The van der Waals surface area contributed by atoms with Crippen LogP contribution in [0.5, 0.6) is 0 Å². The lowest BCUT2D eigenvalue weighted by atomic mass is 9.90. The second kappa shape index (κ2) is 8.55. The number of carbonyl (C=O) groups excluding carboxylic acids is 1. The van der Waals surface area contributed by atoms with Crippen LogP contribution in [0.25, 0.3) is 5.82 Å². The molecule has 0 spiro atoms. The van der Waals surface area contributed by atoms with Crippen molar-refractivity contribution < 1.29 is 4.79 Å². The average Bonchev–Trinajstić information content (AvgIpc) is 3.29. The molecule has 8 heteroatoms. The van der Waals surface area contributed by atoms with Crippen LogP contribution in [-0.4, -0.2) is 40.2 Å². The molecule has 0 saturated carbocycles. The van der Waals surface area contributed by atoms with Gasteiger partial charge in [0.2, 0.25) is 5.91 Å². The number of aliphatic imine (C=N–C) groups is 1. The summed E-state index contributed by atoms with van der Waals surface area (Å²) in [6.45, 7) is 1.22. The van der Waals surface area contributed by atoms with Crippen molar-refractivity contribution in [3.05, 3.63) is 72.2 Å². The number of hydrogen-bond acceptors (Lipinski definition) is 4. The Kier molecular flexibility index (Phi) is 5.51. The van der Waals surface area contributed by atoms with Gasteiger partial charge in [0, 0.05) is 56.8 Å². The molecule has 1 aromatic carbocycles. The van der Waals surface area contributed by atoms with E-state index in [-0.39, 0.29) is 11.8 Å². The Hall–Kier alpha value is -3.68. The monoisotopic (exact) mass is 389 g/mol. The number of rotatable bonds is 5. The van der Waals surface area contributed by atoms with E-state index >= 15 is 0 Å². The number of guanidine groups is 1. The predicted octanol–water partition coefficient (Wildman–Crippen LogP) is 2.06. The Morgan fingerprint density at radius 3 is 2.97 bits per heavy atom. The summed E-state index contributed by atoms with van der Waals surface area (Å²) in [6.07, 6.45) is 5.81. The van der Waals surface area contributed by atoms with Crippen LogP contribution in [0.2, 0.25) is 0 Å². The molecule has 4 rings (SSSR count). The van der Waals surface area contributed by atoms with Gasteiger partial charge in [0.25, 0.3) is 0 Å². The molecule has 1 aliphatic rings. The second-order valence-electron chi connectivity index (χ2n) is 6.82. The third-order valence-electron chi connectivity index (χ3n) is 4.86. The summed E-state index contributed by atoms with van der Waals surface area (Å²) in [4.78, 5) is 20.6. The van der Waals surface area contributed by atoms with Crippen molar-refractivity contribution >= 4 is 17.6 Å². The Balaban J connectivity index is 1.36. The highest BCUT2D eigenvalue weighted by Gasteiger charge is 2.24. The molecule has 29 heavy (non-hydrogen) atoms. The lowest BCUT2D eigenvalue weighted by Crippen LogP contribution is -2.40. The Morgan fingerprint density at radius 2 is 2.14 bits per heavy atom. The van der Waals surface area contributed by atoms with E-state index in [0.29, 0.717) is 25.5 Å². The number of nitrogens with zero attached hydrogens (tertiary/aromatic N) is 4. The first-order valence-electron chi connectivity index (χ1n) is 9.51. The number of amides is 1. The van der Waals surface area contributed by atoms with E-state index in [2.05, 4.69) is 37.1 Å². The van der Waals surface area contributed by atoms with Crippen LogP contribution in [-0.2, 0) is 11.3 Å². The molecule has 1 amide bonds. The molecule has 8 nitrogen and oxygen atoms in total. The number of hydrogen-bond donors (Lipinski definition) is 3. The highest BCUT2D eigenvalue weighted by atomic mass is 16.1. The summed E-state index contributed by atoms with van der Waals surface area (Å²) < 4.78 is 1.72. The van der Waals surface area contributed by atoms with Gasteiger partial charge in [0.1, 0.15) is 0 Å². The molecule has 1 aliphatic heterocycles. The number of carbonyl (C=O) groups is 1. The molecule has 1 atom stereocenters. The molecule has 3 aromatic rings. The van der Waals surface area contributed by atoms with E-state index in [9.17, 15) is 4.79 Å². The molecule has 0 bridgehead atoms. The summed E-state index contributed by atoms with van der Waals surface area (Å²) in [5, 5.41) is 13.8. The van der Waals surface area contributed by atoms with Crippen molar-refractivity contribution in [3.8, 4) is 5.82 Å². The van der Waals surface area contributed by atoms with Crippen LogP contribution in [0.15, 0.2) is 66.0 Å². The van der Waals surface area contributed by atoms with Gasteiger partial charge in [-0.2, -0.15) is 5.10 Å². The molecular weight excluding hydrogens is 366 g/mol. The van der Waals surface area contributed by atoms with E-state index in [1.54, 1.807) is 24.1 Å². The highest BCUT2D eigenvalue weighted by molar-refractivity contribution is 5.94. The third kappa shape index (κ3) is 4.43. The van der Waals surface area contributed by atoms with Crippen molar-refractivity contribution in [2.75, 3.05) is 18.9 Å². The van der Waals surface area contributed by atoms with Crippen LogP contribution in [0.4, 0.5) is 5.69 Å². The van der Waals surface area contributed by atoms with Gasteiger partial charge in [-0.1, -0.05) is 18.2 Å². The molecule has 0 aliphatic carbocycles. The summed E-state index contributed by atoms with van der Waals surface area (Å²) in [5.41, 5.74) is 3.10. The van der Waals surface area contributed by atoms with E-state index in [1.807, 2.05) is 42.6 Å². The Bertz CT molecular complexity index is 1010. The zero-order chi connectivity index (χ0) is 20.1. The fourth-order valence-corrected chi connectivity index (χ4v) is 3.41. The molecule has 3 heterocycles. The molecule has 0 radical (unpaired) electrons. The van der Waals surface area contributed by atoms with E-state index in [0.717, 1.165) is 22.6 Å². The molecule has 3 N–H and O–H groups in total. The summed E-state index contributed by atoms with van der Waals surface area (Å²) >= 11 is 0. The number of nitrogens with one attached hydrogen (secondary N) is 3. The zero-order valence-electron chi connectivity index (χ0n) is 16.2. The number of fused-ring (bicyclic) bond motifs is 1. The van der Waals surface area contributed by atoms with Crippen molar-refractivity contribution in [1.82, 2.24) is 25.4 Å². The fraction of sp³-hybridized carbons (Fsp3) is 0.238. The first-order chi connectivity index (χ1) is 14.2. The predicted molar refractivity (Wildman–Crippen MR) is 112 cm³/mol. The molecule has 148 valence electrons. The van der Waals surface area contributed by atoms with Crippen molar-refractivity contribution in [3.63, 3.8) is 0 Å². The quantitative estimate of drug-likeness (QED) is 0.459. The maximum atomic E-state index is 12.0. The number of aromatic nitrogens is 3. The number of pyridine rings is 1. The first-order valence-corrected chi connectivity index (χ1v) is 9.51. The van der Waals surface area contributed by atoms with Gasteiger partial charge in [-0.3, -0.25) is 9.79 Å². The lowest BCUT2D eigenvalue weighted by molar-refractivity contribution is -0.116. The summed E-state index contributed by atoms with van der Waals surface area (Å²) in [5.74, 6) is 1.60. The van der Waals surface area contributed by atoms with Crippen molar-refractivity contribution in [2.24, 2.45) is 4.99 Å². The van der Waals surface area contributed by atoms with Gasteiger partial charge < -0.3 is 16.0 Å². The topological polar surface area (TPSA) is 96.2 Å². The number of para-hydroxylation sites is 1. The highest BCUT2D eigenvalue weighted by Crippen LogP contribution is 2.31. The minimum absolute atomic E-state index is 0.0429. The van der Waals surface area contributed by atoms with Gasteiger partial charge in [0.15, 0.2) is 11.8 Å². The SMILES string of the molecule is CN=C(NCc1ccnc(-n2cccn2)c1)NCC1CC(=O)Nc2ccccc21. The maximum absolute atomic E-state index is 12.0. The molecule has 0 saturated heterocycles. The molecular formula is C21H23N7O. The van der Waals surface area contributed by atoms with Crippen molar-refractivity contribution in [2.45, 2.75) is 18.9 Å². The van der Waals surface area contributed by atoms with E-state index in [1.165, 1.54) is 0 Å². The molecule has 0 fully saturated rings. The Morgan fingerprint density at radius 1 is 1.24 bits per heavy atom. The second-order valence-corrected chi connectivity index (χ2v) is 6.82. The average molecular weight is 389 g/mol. The van der Waals surface area contributed by atoms with Crippen LogP contribution >= 0.6 is 0 Å². The largest absolute Gasteiger partial charge is 0.356 e. The normalized spacial score (nSPS) is 16.1. The number of benzene rings is 1. The van der Waals surface area contributed by atoms with Crippen LogP contribution < -0.4 is 16.0 Å². The molecule has 2 aromatic heterocycles. The first kappa shape index (κ1) is 18.7. The minimum Gasteiger partial charge on any atom is -0.356 e. The van der Waals surface area contributed by atoms with Crippen molar-refractivity contribution in [1.29, 1.82) is 0 Å². The smallest absolute Gasteiger partial charge is 0.225 e. The van der Waals surface area contributed by atoms with Gasteiger partial charge in [-0.15, -0.1) is 0 Å². The van der Waals surface area contributed by atoms with E-state index in [4.69, 9.17) is 0 Å². The zero-order valence-corrected chi connectivity index (χ0v) is 16.2. The maximum Gasteiger partial charge on any atom is 0.225 e. The van der Waals surface area contributed by atoms with E-state index < -0.39 is 0 Å². The van der Waals surface area contributed by atoms with Gasteiger partial charge >= 0.3 is 0 Å². The minimum atomic E-state index is 0.0429. The summed E-state index contributed by atoms with van der Waals surface area (Å²) in [7, 11) is 1.73. The fourth-order valence-electron chi connectivity index (χ4n) is 3.41. The van der Waals surface area contributed by atoms with Crippen LogP contribution in [0.3, 0.4) is 0 Å². The van der Waals surface area contributed by atoms with Gasteiger partial charge in [-0.05, 0) is 35.4 Å². The summed E-state index contributed by atoms with van der Waals surface area (Å²) in [6, 6.07) is 13.7. The molecule has 1 unspecified atom stereocenters. The standard InChI is InChI=1S/C21H23N7O/c1-22-21(24-13-15-7-9-23-19(11-15)28-10-4-8-26-28)25-14-16-12-20(29)27-18-6-3-2-5-17(16)18/h2-11,16H,12-14H2,1H3,(H,27,29)(H2,22,24,25). The lowest BCUT2D eigenvalue weighted by Gasteiger charge is -2.26. The van der Waals surface area contributed by atoms with Gasteiger partial charge in [-0.25, -0.2) is 9.67 Å². The van der Waals surface area contributed by atoms with Gasteiger partial charge in [0.05, 0.1) is 0 Å². The third-order valence-corrected chi connectivity index (χ3v) is 4.86. The van der Waals surface area contributed by atoms with Crippen LogP contribution in [0.1, 0.15) is 23.5 Å². The Labute approximate surface area is 169 Å².